The van der Waals surface area contributed by atoms with E-state index in [2.05, 4.69) is 34.0 Å². The van der Waals surface area contributed by atoms with E-state index < -0.39 is 11.7 Å². The van der Waals surface area contributed by atoms with Crippen molar-refractivity contribution in [3.63, 3.8) is 0 Å². The van der Waals surface area contributed by atoms with Crippen molar-refractivity contribution in [2.75, 3.05) is 7.11 Å². The third-order valence-electron chi connectivity index (χ3n) is 4.71. The van der Waals surface area contributed by atoms with Gasteiger partial charge in [-0.1, -0.05) is 18.2 Å². The quantitative estimate of drug-likeness (QED) is 0.544. The molecule has 0 saturated heterocycles. The molecule has 160 valence electrons. The Morgan fingerprint density at radius 2 is 1.97 bits per heavy atom. The van der Waals surface area contributed by atoms with Crippen LogP contribution in [0.5, 0.6) is 5.75 Å². The molecule has 0 unspecified atom stereocenters. The number of allylic oxidation sites excluding steroid dienone is 4. The number of halogens is 1. The van der Waals surface area contributed by atoms with Gasteiger partial charge in [-0.25, -0.2) is 9.80 Å². The van der Waals surface area contributed by atoms with Crippen LogP contribution in [0, 0.1) is 0 Å². The molecule has 0 bridgehead atoms. The topological polar surface area (TPSA) is 54.4 Å². The summed E-state index contributed by atoms with van der Waals surface area (Å²) in [6, 6.07) is 7.64. The molecule has 1 amide bonds. The number of nitrogens with zero attached hydrogens (tertiary/aromatic N) is 3. The van der Waals surface area contributed by atoms with E-state index in [4.69, 9.17) is 9.47 Å². The lowest BCUT2D eigenvalue weighted by Crippen LogP contribution is -2.38. The zero-order chi connectivity index (χ0) is 21.9. The van der Waals surface area contributed by atoms with Crippen LogP contribution in [0.25, 0.3) is 0 Å². The van der Waals surface area contributed by atoms with Crippen LogP contribution in [0.2, 0.25) is 0 Å². The largest absolute Gasteiger partial charge is 0.497 e. The highest BCUT2D eigenvalue weighted by Gasteiger charge is 2.30. The predicted molar refractivity (Wildman–Crippen MR) is 122 cm³/mol. The van der Waals surface area contributed by atoms with Crippen molar-refractivity contribution in [2.45, 2.75) is 52.7 Å². The molecule has 1 aromatic rings. The van der Waals surface area contributed by atoms with E-state index in [0.29, 0.717) is 12.2 Å². The fourth-order valence-corrected chi connectivity index (χ4v) is 4.05. The molecule has 2 aliphatic heterocycles. The summed E-state index contributed by atoms with van der Waals surface area (Å²) in [6.45, 7) is 8.02. The van der Waals surface area contributed by atoms with Crippen LogP contribution in [0.4, 0.5) is 4.79 Å². The Morgan fingerprint density at radius 1 is 1.27 bits per heavy atom. The molecule has 0 aliphatic carbocycles. The van der Waals surface area contributed by atoms with Crippen LogP contribution in [0.1, 0.15) is 46.1 Å². The average molecular weight is 474 g/mol. The van der Waals surface area contributed by atoms with Crippen LogP contribution in [-0.4, -0.2) is 34.9 Å². The van der Waals surface area contributed by atoms with Crippen LogP contribution in [-0.2, 0) is 11.3 Å². The fraction of sp³-hybridized carbons (Fsp3) is 0.391. The molecule has 0 fully saturated rings. The Bertz CT molecular complexity index is 924. The SMILES string of the molecule is COc1ccc(CN(C(=O)OC(C)(C)C)C2=C(Br)C3=C(C)CCC=CN3N=C2)cc1. The summed E-state index contributed by atoms with van der Waals surface area (Å²) >= 11 is 3.74. The van der Waals surface area contributed by atoms with Gasteiger partial charge in [-0.2, -0.15) is 5.10 Å². The Morgan fingerprint density at radius 3 is 2.60 bits per heavy atom. The second-order valence-electron chi connectivity index (χ2n) is 8.26. The number of fused-ring (bicyclic) bond motifs is 1. The van der Waals surface area contributed by atoms with E-state index in [-0.39, 0.29) is 0 Å². The maximum Gasteiger partial charge on any atom is 0.415 e. The first-order valence-corrected chi connectivity index (χ1v) is 10.7. The van der Waals surface area contributed by atoms with Crippen molar-refractivity contribution in [1.82, 2.24) is 9.91 Å². The zero-order valence-corrected chi connectivity index (χ0v) is 19.7. The Kier molecular flexibility index (Phi) is 6.71. The summed E-state index contributed by atoms with van der Waals surface area (Å²) in [5.74, 6) is 0.767. The number of carbonyl (C=O) groups is 1. The van der Waals surface area contributed by atoms with Gasteiger partial charge in [-0.15, -0.1) is 0 Å². The number of hydrogen-bond acceptors (Lipinski definition) is 5. The summed E-state index contributed by atoms with van der Waals surface area (Å²) in [7, 11) is 1.63. The number of hydrogen-bond donors (Lipinski definition) is 0. The summed E-state index contributed by atoms with van der Waals surface area (Å²) in [5, 5.41) is 6.41. The summed E-state index contributed by atoms with van der Waals surface area (Å²) < 4.78 is 11.8. The average Bonchev–Trinajstić information content (AvgIpc) is 2.88. The molecule has 0 N–H and O–H groups in total. The molecule has 2 aliphatic rings. The van der Waals surface area contributed by atoms with Crippen LogP contribution >= 0.6 is 15.9 Å². The summed E-state index contributed by atoms with van der Waals surface area (Å²) in [6.07, 6.45) is 7.23. The van der Waals surface area contributed by atoms with Crippen molar-refractivity contribution in [2.24, 2.45) is 5.10 Å². The number of rotatable bonds is 4. The second kappa shape index (κ2) is 9.08. The maximum atomic E-state index is 13.2. The lowest BCUT2D eigenvalue weighted by atomic mass is 10.1. The van der Waals surface area contributed by atoms with Gasteiger partial charge in [0.05, 0.1) is 35.7 Å². The number of amides is 1. The van der Waals surface area contributed by atoms with E-state index in [1.165, 1.54) is 5.57 Å². The highest BCUT2D eigenvalue weighted by atomic mass is 79.9. The van der Waals surface area contributed by atoms with E-state index >= 15 is 0 Å². The number of methoxy groups -OCH3 is 1. The first-order valence-electron chi connectivity index (χ1n) is 9.93. The zero-order valence-electron chi connectivity index (χ0n) is 18.1. The Balaban J connectivity index is 2.01. The summed E-state index contributed by atoms with van der Waals surface area (Å²) in [4.78, 5) is 14.8. The van der Waals surface area contributed by atoms with E-state index in [1.54, 1.807) is 18.2 Å². The van der Waals surface area contributed by atoms with Crippen molar-refractivity contribution >= 4 is 28.2 Å². The van der Waals surface area contributed by atoms with Gasteiger partial charge in [-0.05, 0) is 79.7 Å². The fourth-order valence-electron chi connectivity index (χ4n) is 3.21. The molecule has 2 heterocycles. The van der Waals surface area contributed by atoms with E-state index in [9.17, 15) is 4.79 Å². The van der Waals surface area contributed by atoms with E-state index in [1.807, 2.05) is 56.2 Å². The standard InChI is InChI=1S/C23H28BrN3O3/c1-16-8-6-7-13-27-21(16)20(24)19(14-25-27)26(22(28)30-23(2,3)4)15-17-9-11-18(29-5)12-10-17/h7,9-14H,6,8,15H2,1-5H3. The van der Waals surface area contributed by atoms with Crippen molar-refractivity contribution < 1.29 is 14.3 Å². The molecule has 3 rings (SSSR count). The molecule has 7 heteroatoms. The van der Waals surface area contributed by atoms with Gasteiger partial charge in [0.15, 0.2) is 0 Å². The van der Waals surface area contributed by atoms with Gasteiger partial charge in [0.2, 0.25) is 0 Å². The Labute approximate surface area is 186 Å². The number of hydrazone groups is 1. The molecule has 0 radical (unpaired) electrons. The molecular formula is C23H28BrN3O3. The lowest BCUT2D eigenvalue weighted by molar-refractivity contribution is 0.0311. The van der Waals surface area contributed by atoms with Crippen LogP contribution in [0.3, 0.4) is 0 Å². The molecule has 0 aromatic heterocycles. The molecule has 30 heavy (non-hydrogen) atoms. The van der Waals surface area contributed by atoms with Gasteiger partial charge >= 0.3 is 6.09 Å². The third-order valence-corrected chi connectivity index (χ3v) is 5.49. The minimum absolute atomic E-state index is 0.345. The first-order chi connectivity index (χ1) is 14.2. The normalized spacial score (nSPS) is 16.4. The molecule has 0 atom stereocenters. The second-order valence-corrected chi connectivity index (χ2v) is 9.05. The van der Waals surface area contributed by atoms with Crippen molar-refractivity contribution in [3.8, 4) is 5.75 Å². The predicted octanol–water partition coefficient (Wildman–Crippen LogP) is 5.92. The lowest BCUT2D eigenvalue weighted by Gasteiger charge is -2.32. The number of carbonyl (C=O) groups excluding carboxylic acids is 1. The molecule has 0 spiro atoms. The van der Waals surface area contributed by atoms with Crippen molar-refractivity contribution in [3.05, 3.63) is 63.6 Å². The number of ether oxygens (including phenoxy) is 2. The third kappa shape index (κ3) is 5.14. The van der Waals surface area contributed by atoms with E-state index in [0.717, 1.165) is 34.3 Å². The van der Waals surface area contributed by atoms with Crippen LogP contribution in [0.15, 0.2) is 63.1 Å². The minimum Gasteiger partial charge on any atom is -0.497 e. The highest BCUT2D eigenvalue weighted by Crippen LogP contribution is 2.36. The van der Waals surface area contributed by atoms with Gasteiger partial charge in [0, 0.05) is 6.20 Å². The molecule has 1 aromatic carbocycles. The summed E-state index contributed by atoms with van der Waals surface area (Å²) in [5.41, 5.74) is 3.18. The first kappa shape index (κ1) is 22.2. The van der Waals surface area contributed by atoms with Crippen LogP contribution < -0.4 is 4.74 Å². The van der Waals surface area contributed by atoms with Crippen molar-refractivity contribution in [1.29, 1.82) is 0 Å². The number of benzene rings is 1. The molecular weight excluding hydrogens is 446 g/mol. The minimum atomic E-state index is -0.611. The van der Waals surface area contributed by atoms with Gasteiger partial charge in [0.25, 0.3) is 0 Å². The maximum absolute atomic E-state index is 13.2. The Hall–Kier alpha value is -2.54. The van der Waals surface area contributed by atoms with Gasteiger partial charge < -0.3 is 9.47 Å². The van der Waals surface area contributed by atoms with Gasteiger partial charge in [0.1, 0.15) is 11.4 Å². The molecule has 0 saturated carbocycles. The van der Waals surface area contributed by atoms with Gasteiger partial charge in [-0.3, -0.25) is 4.90 Å². The molecule has 6 nitrogen and oxygen atoms in total. The highest BCUT2D eigenvalue weighted by molar-refractivity contribution is 9.12. The smallest absolute Gasteiger partial charge is 0.415 e. The monoisotopic (exact) mass is 473 g/mol.